The van der Waals surface area contributed by atoms with Crippen molar-refractivity contribution in [2.75, 3.05) is 7.11 Å². The van der Waals surface area contributed by atoms with Gasteiger partial charge in [0.1, 0.15) is 17.1 Å². The maximum absolute atomic E-state index is 12.6. The van der Waals surface area contributed by atoms with Gasteiger partial charge in [-0.2, -0.15) is 0 Å². The number of furan rings is 1. The van der Waals surface area contributed by atoms with Crippen LogP contribution in [0.4, 0.5) is 0 Å². The van der Waals surface area contributed by atoms with Crippen molar-refractivity contribution < 1.29 is 18.7 Å². The van der Waals surface area contributed by atoms with E-state index in [4.69, 9.17) is 13.9 Å². The van der Waals surface area contributed by atoms with Crippen molar-refractivity contribution in [2.45, 2.75) is 0 Å². The van der Waals surface area contributed by atoms with Crippen LogP contribution in [-0.2, 0) is 9.53 Å². The molecule has 4 aromatic carbocycles. The second-order valence-corrected chi connectivity index (χ2v) is 8.33. The second-order valence-electron chi connectivity index (χ2n) is 8.33. The van der Waals surface area contributed by atoms with E-state index in [1.54, 1.807) is 13.2 Å². The minimum atomic E-state index is -0.509. The lowest BCUT2D eigenvalue weighted by atomic mass is 9.97. The summed E-state index contributed by atoms with van der Waals surface area (Å²) in [6, 6.07) is 33.3. The first-order valence-electron chi connectivity index (χ1n) is 11.5. The summed E-state index contributed by atoms with van der Waals surface area (Å²) in [7, 11) is 1.61. The largest absolute Gasteiger partial charge is 0.496 e. The van der Waals surface area contributed by atoms with Crippen molar-refractivity contribution in [3.63, 3.8) is 0 Å². The number of aliphatic imine (C=N–C) groups is 1. The highest BCUT2D eigenvalue weighted by Gasteiger charge is 2.25. The second kappa shape index (κ2) is 9.04. The van der Waals surface area contributed by atoms with E-state index < -0.39 is 5.97 Å². The molecule has 1 aromatic heterocycles. The molecule has 0 saturated heterocycles. The lowest BCUT2D eigenvalue weighted by molar-refractivity contribution is -0.129. The summed E-state index contributed by atoms with van der Waals surface area (Å²) in [6.07, 6.45) is 1.67. The lowest BCUT2D eigenvalue weighted by Gasteiger charge is -2.07. The average Bonchev–Trinajstić information content (AvgIpc) is 3.49. The van der Waals surface area contributed by atoms with E-state index in [0.717, 1.165) is 33.4 Å². The van der Waals surface area contributed by atoms with Gasteiger partial charge in [-0.1, -0.05) is 78.9 Å². The van der Waals surface area contributed by atoms with Gasteiger partial charge in [-0.25, -0.2) is 9.79 Å². The Morgan fingerprint density at radius 1 is 0.778 bits per heavy atom. The summed E-state index contributed by atoms with van der Waals surface area (Å²) in [5, 5.41) is 0.918. The molecule has 6 rings (SSSR count). The molecule has 0 atom stereocenters. The number of rotatable bonds is 5. The maximum Gasteiger partial charge on any atom is 0.363 e. The molecule has 0 bridgehead atoms. The molecule has 0 aliphatic carbocycles. The van der Waals surface area contributed by atoms with Crippen LogP contribution in [0.25, 0.3) is 39.5 Å². The van der Waals surface area contributed by atoms with Crippen LogP contribution in [0.15, 0.2) is 118 Å². The van der Waals surface area contributed by atoms with Crippen LogP contribution in [-0.4, -0.2) is 19.0 Å². The molecular formula is C31H21NO4. The number of carbonyl (C=O) groups excluding carboxylic acids is 1. The molecule has 5 heteroatoms. The van der Waals surface area contributed by atoms with Crippen molar-refractivity contribution in [1.29, 1.82) is 0 Å². The van der Waals surface area contributed by atoms with Gasteiger partial charge in [0.25, 0.3) is 0 Å². The Morgan fingerprint density at radius 2 is 1.39 bits per heavy atom. The third kappa shape index (κ3) is 3.87. The Kier molecular flexibility index (Phi) is 5.43. The van der Waals surface area contributed by atoms with Gasteiger partial charge in [0.05, 0.1) is 7.11 Å². The monoisotopic (exact) mass is 471 g/mol. The first-order chi connectivity index (χ1) is 17.7. The lowest BCUT2D eigenvalue weighted by Crippen LogP contribution is -2.05. The number of nitrogens with zero attached hydrogens (tertiary/aromatic N) is 1. The Morgan fingerprint density at radius 3 is 2.03 bits per heavy atom. The molecule has 0 N–H and O–H groups in total. The highest BCUT2D eigenvalue weighted by molar-refractivity contribution is 6.13. The Labute approximate surface area is 207 Å². The van der Waals surface area contributed by atoms with Crippen LogP contribution in [0, 0.1) is 0 Å². The number of carbonyl (C=O) groups is 1. The van der Waals surface area contributed by atoms with Crippen LogP contribution >= 0.6 is 0 Å². The zero-order valence-electron chi connectivity index (χ0n) is 19.5. The molecule has 0 spiro atoms. The number of fused-ring (bicyclic) bond motifs is 1. The normalized spacial score (nSPS) is 14.2. The van der Waals surface area contributed by atoms with Crippen LogP contribution < -0.4 is 4.74 Å². The maximum atomic E-state index is 12.6. The molecule has 0 amide bonds. The number of methoxy groups -OCH3 is 1. The third-order valence-corrected chi connectivity index (χ3v) is 6.07. The minimum absolute atomic E-state index is 0.199. The topological polar surface area (TPSA) is 61.0 Å². The molecule has 36 heavy (non-hydrogen) atoms. The van der Waals surface area contributed by atoms with E-state index in [0.29, 0.717) is 16.9 Å². The zero-order chi connectivity index (χ0) is 24.5. The van der Waals surface area contributed by atoms with Crippen molar-refractivity contribution >= 4 is 28.9 Å². The van der Waals surface area contributed by atoms with Gasteiger partial charge in [-0.15, -0.1) is 0 Å². The van der Waals surface area contributed by atoms with E-state index in [2.05, 4.69) is 17.1 Å². The molecular weight excluding hydrogens is 450 g/mol. The quantitative estimate of drug-likeness (QED) is 0.202. The Balaban J connectivity index is 1.52. The predicted molar refractivity (Wildman–Crippen MR) is 141 cm³/mol. The molecule has 2 heterocycles. The smallest absolute Gasteiger partial charge is 0.363 e. The zero-order valence-corrected chi connectivity index (χ0v) is 19.5. The number of esters is 1. The summed E-state index contributed by atoms with van der Waals surface area (Å²) in [5.41, 5.74) is 5.29. The predicted octanol–water partition coefficient (Wildman–Crippen LogP) is 7.12. The van der Waals surface area contributed by atoms with Crippen LogP contribution in [0.1, 0.15) is 11.1 Å². The standard InChI is InChI=1S/C31H21NO4/c1-34-26-19-24-27(18-23(26)17-25-31(33)36-30(32-25)22-15-9-4-10-16-22)35-29(21-13-7-3-8-14-21)28(24)20-11-5-2-6-12-20/h2-19H,1H3/b25-17+. The van der Waals surface area contributed by atoms with Crippen LogP contribution in [0.2, 0.25) is 0 Å². The van der Waals surface area contributed by atoms with Gasteiger partial charge in [0.2, 0.25) is 5.90 Å². The molecule has 0 saturated carbocycles. The highest BCUT2D eigenvalue weighted by atomic mass is 16.6. The molecule has 5 nitrogen and oxygen atoms in total. The number of cyclic esters (lactones) is 1. The molecule has 0 unspecified atom stereocenters. The number of benzene rings is 4. The van der Waals surface area contributed by atoms with Gasteiger partial charge in [0.15, 0.2) is 5.70 Å². The molecule has 1 aliphatic rings. The van der Waals surface area contributed by atoms with Crippen molar-refractivity contribution in [3.8, 4) is 28.2 Å². The SMILES string of the molecule is COc1cc2c(-c3ccccc3)c(-c3ccccc3)oc2cc1/C=C1/N=C(c2ccccc2)OC1=O. The van der Waals surface area contributed by atoms with Gasteiger partial charge in [-0.3, -0.25) is 0 Å². The first-order valence-corrected chi connectivity index (χ1v) is 11.5. The average molecular weight is 472 g/mol. The molecule has 0 radical (unpaired) electrons. The molecule has 174 valence electrons. The van der Waals surface area contributed by atoms with Gasteiger partial charge >= 0.3 is 5.97 Å². The molecule has 0 fully saturated rings. The van der Waals surface area contributed by atoms with Crippen LogP contribution in [0.3, 0.4) is 0 Å². The summed E-state index contributed by atoms with van der Waals surface area (Å²) < 4.78 is 17.6. The summed E-state index contributed by atoms with van der Waals surface area (Å²) >= 11 is 0. The van der Waals surface area contributed by atoms with Crippen molar-refractivity contribution in [1.82, 2.24) is 0 Å². The van der Waals surface area contributed by atoms with Gasteiger partial charge in [0, 0.05) is 27.6 Å². The van der Waals surface area contributed by atoms with E-state index in [1.807, 2.05) is 91.0 Å². The van der Waals surface area contributed by atoms with Crippen LogP contribution in [0.5, 0.6) is 5.75 Å². The van der Waals surface area contributed by atoms with E-state index >= 15 is 0 Å². The summed E-state index contributed by atoms with van der Waals surface area (Å²) in [5.74, 6) is 1.14. The summed E-state index contributed by atoms with van der Waals surface area (Å²) in [6.45, 7) is 0. The van der Waals surface area contributed by atoms with Gasteiger partial charge < -0.3 is 13.9 Å². The fourth-order valence-corrected chi connectivity index (χ4v) is 4.37. The number of ether oxygens (including phenoxy) is 2. The fraction of sp³-hybridized carbons (Fsp3) is 0.0323. The Bertz CT molecular complexity index is 1630. The van der Waals surface area contributed by atoms with E-state index in [9.17, 15) is 4.79 Å². The van der Waals surface area contributed by atoms with Gasteiger partial charge in [-0.05, 0) is 35.9 Å². The molecule has 5 aromatic rings. The van der Waals surface area contributed by atoms with E-state index in [1.165, 1.54) is 0 Å². The first kappa shape index (κ1) is 21.6. The highest BCUT2D eigenvalue weighted by Crippen LogP contribution is 2.43. The minimum Gasteiger partial charge on any atom is -0.496 e. The Hall–Kier alpha value is -4.90. The fourth-order valence-electron chi connectivity index (χ4n) is 4.37. The van der Waals surface area contributed by atoms with Crippen molar-refractivity contribution in [2.24, 2.45) is 4.99 Å². The molecule has 1 aliphatic heterocycles. The van der Waals surface area contributed by atoms with E-state index in [-0.39, 0.29) is 11.6 Å². The number of hydrogen-bond donors (Lipinski definition) is 0. The summed E-state index contributed by atoms with van der Waals surface area (Å²) in [4.78, 5) is 17.0. The van der Waals surface area contributed by atoms with Crippen molar-refractivity contribution in [3.05, 3.63) is 120 Å². The number of hydrogen-bond acceptors (Lipinski definition) is 5. The third-order valence-electron chi connectivity index (χ3n) is 6.07.